The molecule has 21 heavy (non-hydrogen) atoms. The van der Waals surface area contributed by atoms with Gasteiger partial charge in [0.2, 0.25) is 5.89 Å². The SMILES string of the molecule is CCOC(=O)CCCNCc1nnc(-c2ccc(Br)o2)o1. The molecule has 0 radical (unpaired) electrons. The minimum absolute atomic E-state index is 0.178. The summed E-state index contributed by atoms with van der Waals surface area (Å²) in [6, 6.07) is 3.50. The van der Waals surface area contributed by atoms with Crippen molar-refractivity contribution in [2.45, 2.75) is 26.3 Å². The Morgan fingerprint density at radius 3 is 2.95 bits per heavy atom. The van der Waals surface area contributed by atoms with Crippen LogP contribution in [0.2, 0.25) is 0 Å². The molecule has 0 atom stereocenters. The molecule has 1 N–H and O–H groups in total. The van der Waals surface area contributed by atoms with Crippen LogP contribution in [0, 0.1) is 0 Å². The van der Waals surface area contributed by atoms with E-state index in [9.17, 15) is 4.79 Å². The van der Waals surface area contributed by atoms with Crippen LogP contribution in [0.4, 0.5) is 0 Å². The summed E-state index contributed by atoms with van der Waals surface area (Å²) in [6.45, 7) is 3.32. The summed E-state index contributed by atoms with van der Waals surface area (Å²) in [5.74, 6) is 1.14. The number of nitrogens with zero attached hydrogens (tertiary/aromatic N) is 2. The molecule has 0 fully saturated rings. The van der Waals surface area contributed by atoms with Crippen LogP contribution in [-0.4, -0.2) is 29.3 Å². The highest BCUT2D eigenvalue weighted by atomic mass is 79.9. The molecular weight excluding hydrogens is 342 g/mol. The Bertz CT molecular complexity index is 581. The van der Waals surface area contributed by atoms with Crippen molar-refractivity contribution in [3.63, 3.8) is 0 Å². The van der Waals surface area contributed by atoms with Gasteiger partial charge in [0.1, 0.15) is 0 Å². The van der Waals surface area contributed by atoms with Crippen LogP contribution >= 0.6 is 15.9 Å². The number of carbonyl (C=O) groups is 1. The van der Waals surface area contributed by atoms with Gasteiger partial charge in [-0.25, -0.2) is 0 Å². The predicted molar refractivity (Wildman–Crippen MR) is 77.3 cm³/mol. The van der Waals surface area contributed by atoms with Crippen molar-refractivity contribution >= 4 is 21.9 Å². The van der Waals surface area contributed by atoms with Gasteiger partial charge in [-0.15, -0.1) is 10.2 Å². The lowest BCUT2D eigenvalue weighted by molar-refractivity contribution is -0.143. The van der Waals surface area contributed by atoms with E-state index in [2.05, 4.69) is 31.4 Å². The van der Waals surface area contributed by atoms with Crippen LogP contribution in [0.5, 0.6) is 0 Å². The second kappa shape index (κ2) is 7.94. The largest absolute Gasteiger partial charge is 0.466 e. The fourth-order valence-electron chi connectivity index (χ4n) is 1.64. The van der Waals surface area contributed by atoms with Gasteiger partial charge in [0, 0.05) is 6.42 Å². The molecule has 2 aromatic rings. The van der Waals surface area contributed by atoms with Gasteiger partial charge in [-0.2, -0.15) is 0 Å². The molecule has 0 aliphatic rings. The second-order valence-electron chi connectivity index (χ2n) is 4.19. The Labute approximate surface area is 130 Å². The standard InChI is InChI=1S/C13H16BrN3O4/c1-2-19-12(18)4-3-7-15-8-11-16-17-13(21-11)9-5-6-10(14)20-9/h5-6,15H,2-4,7-8H2,1H3. The Balaban J connectivity index is 1.70. The molecule has 2 rings (SSSR count). The molecule has 0 unspecified atom stereocenters. The summed E-state index contributed by atoms with van der Waals surface area (Å²) in [5, 5.41) is 10.9. The van der Waals surface area contributed by atoms with E-state index in [1.165, 1.54) is 0 Å². The molecule has 0 aliphatic heterocycles. The van der Waals surface area contributed by atoms with Crippen LogP contribution in [-0.2, 0) is 16.1 Å². The van der Waals surface area contributed by atoms with Gasteiger partial charge in [0.05, 0.1) is 13.2 Å². The Morgan fingerprint density at radius 1 is 1.38 bits per heavy atom. The maximum absolute atomic E-state index is 11.1. The second-order valence-corrected chi connectivity index (χ2v) is 4.97. The highest BCUT2D eigenvalue weighted by Gasteiger charge is 2.11. The van der Waals surface area contributed by atoms with Gasteiger partial charge >= 0.3 is 5.97 Å². The molecular formula is C13H16BrN3O4. The lowest BCUT2D eigenvalue weighted by atomic mass is 10.3. The Morgan fingerprint density at radius 2 is 2.24 bits per heavy atom. The maximum atomic E-state index is 11.1. The van der Waals surface area contributed by atoms with E-state index >= 15 is 0 Å². The third-order valence-corrected chi connectivity index (χ3v) is 2.99. The zero-order chi connectivity index (χ0) is 15.1. The van der Waals surface area contributed by atoms with Crippen LogP contribution in [0.25, 0.3) is 11.7 Å². The van der Waals surface area contributed by atoms with Crippen LogP contribution in [0.3, 0.4) is 0 Å². The topological polar surface area (TPSA) is 90.4 Å². The molecule has 0 saturated heterocycles. The first-order chi connectivity index (χ1) is 10.2. The summed E-state index contributed by atoms with van der Waals surface area (Å²) in [6.07, 6.45) is 1.10. The molecule has 0 amide bonds. The number of esters is 1. The average Bonchev–Trinajstić information content (AvgIpc) is 3.07. The predicted octanol–water partition coefficient (Wildman–Crippen LogP) is 2.53. The minimum Gasteiger partial charge on any atom is -0.466 e. The van der Waals surface area contributed by atoms with Crippen molar-refractivity contribution in [1.82, 2.24) is 15.5 Å². The molecule has 0 saturated carbocycles. The van der Waals surface area contributed by atoms with Crippen molar-refractivity contribution in [2.24, 2.45) is 0 Å². The third-order valence-electron chi connectivity index (χ3n) is 2.57. The van der Waals surface area contributed by atoms with E-state index in [1.54, 1.807) is 19.1 Å². The summed E-state index contributed by atoms with van der Waals surface area (Å²) in [5.41, 5.74) is 0. The van der Waals surface area contributed by atoms with Crippen molar-refractivity contribution in [2.75, 3.05) is 13.2 Å². The number of hydrogen-bond donors (Lipinski definition) is 1. The number of rotatable bonds is 8. The van der Waals surface area contributed by atoms with Gasteiger partial charge in [0.15, 0.2) is 10.4 Å². The molecule has 0 bridgehead atoms. The smallest absolute Gasteiger partial charge is 0.305 e. The molecule has 0 spiro atoms. The summed E-state index contributed by atoms with van der Waals surface area (Å²) in [7, 11) is 0. The first kappa shape index (κ1) is 15.7. The molecule has 8 heteroatoms. The zero-order valence-electron chi connectivity index (χ0n) is 11.6. The lowest BCUT2D eigenvalue weighted by Gasteiger charge is -2.02. The monoisotopic (exact) mass is 357 g/mol. The quantitative estimate of drug-likeness (QED) is 0.573. The van der Waals surface area contributed by atoms with Gasteiger partial charge in [-0.3, -0.25) is 4.79 Å². The van der Waals surface area contributed by atoms with Gasteiger partial charge < -0.3 is 18.9 Å². The van der Waals surface area contributed by atoms with E-state index in [-0.39, 0.29) is 5.97 Å². The highest BCUT2D eigenvalue weighted by Crippen LogP contribution is 2.23. The molecule has 0 aliphatic carbocycles. The summed E-state index contributed by atoms with van der Waals surface area (Å²) in [4.78, 5) is 11.1. The molecule has 7 nitrogen and oxygen atoms in total. The average molecular weight is 358 g/mol. The fourth-order valence-corrected chi connectivity index (χ4v) is 1.95. The molecule has 2 heterocycles. The molecule has 2 aromatic heterocycles. The first-order valence-corrected chi connectivity index (χ1v) is 7.42. The van der Waals surface area contributed by atoms with Crippen molar-refractivity contribution in [3.8, 4) is 11.7 Å². The summed E-state index contributed by atoms with van der Waals surface area (Å²) < 4.78 is 16.2. The van der Waals surface area contributed by atoms with Crippen LogP contribution < -0.4 is 5.32 Å². The van der Waals surface area contributed by atoms with E-state index in [0.29, 0.717) is 54.7 Å². The number of hydrogen-bond acceptors (Lipinski definition) is 7. The number of furan rings is 1. The Hall–Kier alpha value is -1.67. The minimum atomic E-state index is -0.178. The first-order valence-electron chi connectivity index (χ1n) is 6.63. The molecule has 0 aromatic carbocycles. The fraction of sp³-hybridized carbons (Fsp3) is 0.462. The van der Waals surface area contributed by atoms with Crippen molar-refractivity contribution < 1.29 is 18.4 Å². The highest BCUT2D eigenvalue weighted by molar-refractivity contribution is 9.10. The van der Waals surface area contributed by atoms with E-state index in [1.807, 2.05) is 0 Å². The number of nitrogens with one attached hydrogen (secondary N) is 1. The maximum Gasteiger partial charge on any atom is 0.305 e. The number of carbonyl (C=O) groups excluding carboxylic acids is 1. The number of aromatic nitrogens is 2. The third kappa shape index (κ3) is 4.98. The van der Waals surface area contributed by atoms with Gasteiger partial charge in [-0.05, 0) is 48.0 Å². The van der Waals surface area contributed by atoms with Crippen molar-refractivity contribution in [1.29, 1.82) is 0 Å². The van der Waals surface area contributed by atoms with E-state index in [0.717, 1.165) is 0 Å². The lowest BCUT2D eigenvalue weighted by Crippen LogP contribution is -2.16. The van der Waals surface area contributed by atoms with Crippen LogP contribution in [0.1, 0.15) is 25.7 Å². The molecule has 114 valence electrons. The van der Waals surface area contributed by atoms with E-state index in [4.69, 9.17) is 13.6 Å². The van der Waals surface area contributed by atoms with Crippen molar-refractivity contribution in [3.05, 3.63) is 22.7 Å². The zero-order valence-corrected chi connectivity index (χ0v) is 13.2. The van der Waals surface area contributed by atoms with Gasteiger partial charge in [0.25, 0.3) is 5.89 Å². The van der Waals surface area contributed by atoms with E-state index < -0.39 is 0 Å². The van der Waals surface area contributed by atoms with Gasteiger partial charge in [-0.1, -0.05) is 0 Å². The summed E-state index contributed by atoms with van der Waals surface area (Å²) >= 11 is 3.21. The normalized spacial score (nSPS) is 10.8. The Kier molecular flexibility index (Phi) is 5.94. The number of ether oxygens (including phenoxy) is 1. The van der Waals surface area contributed by atoms with Crippen LogP contribution in [0.15, 0.2) is 25.6 Å². The number of halogens is 1.